The molecule has 3 aliphatic carbocycles. The van der Waals surface area contributed by atoms with E-state index in [2.05, 4.69) is 0 Å². The molecule has 0 amide bonds. The molecule has 3 rings (SSSR count). The summed E-state index contributed by atoms with van der Waals surface area (Å²) < 4.78 is 17.9. The highest BCUT2D eigenvalue weighted by Gasteiger charge is 2.55. The Morgan fingerprint density at radius 1 is 1.09 bits per heavy atom. The van der Waals surface area contributed by atoms with Crippen molar-refractivity contribution in [3.8, 4) is 0 Å². The molecule has 1 fully saturated rings. The normalized spacial score (nSPS) is 33.2. The fraction of sp³-hybridized carbons (Fsp3) is 0.722. The summed E-state index contributed by atoms with van der Waals surface area (Å²) in [5.41, 5.74) is 0.827. The molecule has 0 saturated heterocycles. The van der Waals surface area contributed by atoms with Gasteiger partial charge in [-0.2, -0.15) is 0 Å². The van der Waals surface area contributed by atoms with Gasteiger partial charge >= 0.3 is 11.9 Å². The second-order valence-corrected chi connectivity index (χ2v) is 6.84. The zero-order valence-electron chi connectivity index (χ0n) is 14.7. The van der Waals surface area contributed by atoms with Gasteiger partial charge in [0.05, 0.1) is 14.2 Å². The number of rotatable bonds is 2. The first-order valence-electron chi connectivity index (χ1n) is 8.86. The van der Waals surface area contributed by atoms with E-state index in [9.17, 15) is 14.4 Å². The van der Waals surface area contributed by atoms with Crippen LogP contribution in [-0.4, -0.2) is 31.9 Å². The first-order valence-corrected chi connectivity index (χ1v) is 8.28. The Hall–Kier alpha value is -1.65. The highest BCUT2D eigenvalue weighted by Crippen LogP contribution is 2.53. The van der Waals surface area contributed by atoms with Gasteiger partial charge in [0.1, 0.15) is 5.78 Å². The molecule has 0 spiro atoms. The Labute approximate surface area is 137 Å². The van der Waals surface area contributed by atoms with E-state index in [0.717, 1.165) is 30.4 Å². The maximum atomic E-state index is 12.5. The number of fused-ring (bicyclic) bond motifs is 2. The number of methoxy groups -OCH3 is 2. The van der Waals surface area contributed by atoms with Crippen LogP contribution in [0.3, 0.4) is 0 Å². The van der Waals surface area contributed by atoms with Gasteiger partial charge in [0.25, 0.3) is 0 Å². The minimum Gasteiger partial charge on any atom is -0.468 e. The number of allylic oxidation sites excluding steroid dienone is 2. The van der Waals surface area contributed by atoms with E-state index < -0.39 is 23.8 Å². The minimum absolute atomic E-state index is 0.0256. The molecule has 1 unspecified atom stereocenters. The van der Waals surface area contributed by atoms with Crippen molar-refractivity contribution < 1.29 is 25.2 Å². The number of Topliss-reactive ketones (excluding diaryl/α,β-unsaturated/α-hetero) is 1. The average Bonchev–Trinajstić information content (AvgIpc) is 3.21. The molecule has 0 N–H and O–H groups in total. The maximum absolute atomic E-state index is 12.5. The smallest absolute Gasteiger partial charge is 0.323 e. The molecule has 0 radical (unpaired) electrons. The fourth-order valence-electron chi connectivity index (χ4n) is 4.65. The largest absolute Gasteiger partial charge is 0.468 e. The molecule has 1 saturated carbocycles. The van der Waals surface area contributed by atoms with E-state index in [1.165, 1.54) is 14.2 Å². The molecular weight excluding hydrogens is 296 g/mol. The first-order chi connectivity index (χ1) is 11.4. The second-order valence-electron chi connectivity index (χ2n) is 6.84. The quantitative estimate of drug-likeness (QED) is 0.444. The molecule has 3 atom stereocenters. The Bertz CT molecular complexity index is 593. The molecule has 5 nitrogen and oxygen atoms in total. The molecule has 126 valence electrons. The van der Waals surface area contributed by atoms with E-state index in [-0.39, 0.29) is 17.6 Å². The molecule has 0 bridgehead atoms. The van der Waals surface area contributed by atoms with Crippen LogP contribution < -0.4 is 0 Å². The minimum atomic E-state index is -1.31. The van der Waals surface area contributed by atoms with Crippen LogP contribution >= 0.6 is 0 Å². The fourth-order valence-corrected chi connectivity index (χ4v) is 4.65. The lowest BCUT2D eigenvalue weighted by atomic mass is 9.78. The molecule has 0 heterocycles. The molecule has 0 aromatic rings. The summed E-state index contributed by atoms with van der Waals surface area (Å²) in [6.07, 6.45) is 3.59. The van der Waals surface area contributed by atoms with Crippen molar-refractivity contribution in [2.75, 3.05) is 14.2 Å². The Morgan fingerprint density at radius 3 is 2.39 bits per heavy atom. The lowest BCUT2D eigenvalue weighted by Crippen LogP contribution is -2.40. The monoisotopic (exact) mass is 321 g/mol. The molecule has 5 heteroatoms. The number of esters is 2. The van der Waals surface area contributed by atoms with E-state index >= 15 is 0 Å². The van der Waals surface area contributed by atoms with Gasteiger partial charge in [-0.15, -0.1) is 0 Å². The average molecular weight is 321 g/mol. The number of ketones is 1. The van der Waals surface area contributed by atoms with Crippen LogP contribution in [-0.2, 0) is 23.9 Å². The summed E-state index contributed by atoms with van der Waals surface area (Å²) >= 11 is 0. The summed E-state index contributed by atoms with van der Waals surface area (Å²) in [4.78, 5) is 37.4. The third-order valence-corrected chi connectivity index (χ3v) is 5.73. The van der Waals surface area contributed by atoms with Gasteiger partial charge in [0.2, 0.25) is 0 Å². The standard InChI is InChI=1S/C18H24O5/c1-22-16(20)18(17(21)23-2)9-11-5-3-8-15(19)13-7-4-6-12(13)14(11)10-18/h12-13H,3-10H2,1-2H3/t12-,13+/m1/s1/i8D/t8?,12-,13+. The van der Waals surface area contributed by atoms with Gasteiger partial charge < -0.3 is 9.47 Å². The van der Waals surface area contributed by atoms with Crippen molar-refractivity contribution in [3.05, 3.63) is 11.1 Å². The molecular formula is C18H24O5. The van der Waals surface area contributed by atoms with Gasteiger partial charge in [-0.3, -0.25) is 14.4 Å². The topological polar surface area (TPSA) is 69.7 Å². The highest BCUT2D eigenvalue weighted by atomic mass is 16.5. The van der Waals surface area contributed by atoms with Crippen molar-refractivity contribution >= 4 is 17.7 Å². The zero-order chi connectivity index (χ0) is 17.5. The SMILES string of the molecule is [2H]C1CCC2=C(CC(C(=O)OC)(C(=O)OC)C2)[C@@H]2CCC[C@@H]2C1=O. The predicted molar refractivity (Wildman–Crippen MR) is 82.4 cm³/mol. The summed E-state index contributed by atoms with van der Waals surface area (Å²) in [5.74, 6) is -1.17. The van der Waals surface area contributed by atoms with Gasteiger partial charge in [0, 0.05) is 13.7 Å². The van der Waals surface area contributed by atoms with Crippen molar-refractivity contribution in [2.45, 2.75) is 51.3 Å². The lowest BCUT2D eigenvalue weighted by Gasteiger charge is -2.26. The summed E-state index contributed by atoms with van der Waals surface area (Å²) in [5, 5.41) is 0. The lowest BCUT2D eigenvalue weighted by molar-refractivity contribution is -0.168. The molecule has 0 aromatic heterocycles. The van der Waals surface area contributed by atoms with Gasteiger partial charge in [-0.05, 0) is 44.4 Å². The number of hydrogen-bond acceptors (Lipinski definition) is 5. The van der Waals surface area contributed by atoms with Crippen LogP contribution in [0.5, 0.6) is 0 Å². The van der Waals surface area contributed by atoms with Crippen LogP contribution in [0.2, 0.25) is 0 Å². The van der Waals surface area contributed by atoms with E-state index in [0.29, 0.717) is 25.7 Å². The van der Waals surface area contributed by atoms with E-state index in [1.807, 2.05) is 0 Å². The van der Waals surface area contributed by atoms with Crippen molar-refractivity contribution in [1.29, 1.82) is 0 Å². The maximum Gasteiger partial charge on any atom is 0.323 e. The van der Waals surface area contributed by atoms with Crippen molar-refractivity contribution in [2.24, 2.45) is 17.3 Å². The summed E-state index contributed by atoms with van der Waals surface area (Å²) in [6, 6.07) is 0. The highest BCUT2D eigenvalue weighted by molar-refractivity contribution is 6.01. The number of carbonyl (C=O) groups is 3. The summed E-state index contributed by atoms with van der Waals surface area (Å²) in [7, 11) is 2.56. The van der Waals surface area contributed by atoms with Crippen LogP contribution in [0.1, 0.15) is 52.7 Å². The Morgan fingerprint density at radius 2 is 1.74 bits per heavy atom. The number of ether oxygens (including phenoxy) is 2. The van der Waals surface area contributed by atoms with Crippen molar-refractivity contribution in [1.82, 2.24) is 0 Å². The molecule has 23 heavy (non-hydrogen) atoms. The number of hydrogen-bond donors (Lipinski definition) is 0. The van der Waals surface area contributed by atoms with Crippen LogP contribution in [0.25, 0.3) is 0 Å². The molecule has 0 aromatic carbocycles. The number of carbonyl (C=O) groups excluding carboxylic acids is 3. The third-order valence-electron chi connectivity index (χ3n) is 5.73. The molecule has 0 aliphatic heterocycles. The predicted octanol–water partition coefficient (Wildman–Crippen LogP) is 2.58. The zero-order valence-corrected chi connectivity index (χ0v) is 13.7. The van der Waals surface area contributed by atoms with Gasteiger partial charge in [-0.1, -0.05) is 17.6 Å². The van der Waals surface area contributed by atoms with Crippen LogP contribution in [0.4, 0.5) is 0 Å². The van der Waals surface area contributed by atoms with E-state index in [4.69, 9.17) is 10.8 Å². The van der Waals surface area contributed by atoms with Gasteiger partial charge in [-0.25, -0.2) is 0 Å². The van der Waals surface area contributed by atoms with E-state index in [1.54, 1.807) is 0 Å². The second kappa shape index (κ2) is 6.10. The first kappa shape index (κ1) is 14.9. The third kappa shape index (κ3) is 2.50. The summed E-state index contributed by atoms with van der Waals surface area (Å²) in [6.45, 7) is 0. The van der Waals surface area contributed by atoms with Crippen molar-refractivity contribution in [3.63, 3.8) is 0 Å². The molecule has 3 aliphatic rings. The van der Waals surface area contributed by atoms with Gasteiger partial charge in [0.15, 0.2) is 5.41 Å². The Balaban J connectivity index is 1.99. The Kier molecular flexibility index (Phi) is 3.95. The van der Waals surface area contributed by atoms with Crippen LogP contribution in [0.15, 0.2) is 11.1 Å². The van der Waals surface area contributed by atoms with Crippen LogP contribution in [0, 0.1) is 17.3 Å².